The van der Waals surface area contributed by atoms with Crippen LogP contribution < -0.4 is 5.56 Å². The minimum absolute atomic E-state index is 0.0174. The van der Waals surface area contributed by atoms with E-state index >= 15 is 0 Å². The van der Waals surface area contributed by atoms with Gasteiger partial charge >= 0.3 is 0 Å². The lowest BCUT2D eigenvalue weighted by atomic mass is 10.0. The molecule has 1 aliphatic rings. The maximum atomic E-state index is 12.3. The van der Waals surface area contributed by atoms with Crippen molar-refractivity contribution in [3.63, 3.8) is 0 Å². The predicted octanol–water partition coefficient (Wildman–Crippen LogP) is 1.95. The van der Waals surface area contributed by atoms with Crippen molar-refractivity contribution in [2.45, 2.75) is 38.4 Å². The lowest BCUT2D eigenvalue weighted by molar-refractivity contribution is 0.120. The van der Waals surface area contributed by atoms with E-state index in [1.807, 2.05) is 41.3 Å². The third kappa shape index (κ3) is 3.10. The highest BCUT2D eigenvalue weighted by atomic mass is 16.1. The van der Waals surface area contributed by atoms with Crippen molar-refractivity contribution in [1.82, 2.24) is 24.1 Å². The lowest BCUT2D eigenvalue weighted by Crippen LogP contribution is -2.42. The summed E-state index contributed by atoms with van der Waals surface area (Å²) in [5.41, 5.74) is 1.54. The number of hydrogen-bond donors (Lipinski definition) is 0. The number of aromatic nitrogens is 4. The first kappa shape index (κ1) is 15.1. The minimum atomic E-state index is -0.0174. The molecule has 0 saturated carbocycles. The van der Waals surface area contributed by atoms with Crippen molar-refractivity contribution in [3.8, 4) is 0 Å². The molecule has 24 heavy (non-hydrogen) atoms. The molecule has 0 amide bonds. The molecule has 3 aromatic heterocycles. The molecule has 3 aromatic rings. The standard InChI is InChI=1S/C18H21N5O/c24-18-12-15(20-17-7-2-4-11-23(17)18)13-21-9-3-1-6-16(21)14-22-10-5-8-19-22/h2,4-5,7-8,10-12,16H,1,3,6,9,13-14H2. The Morgan fingerprint density at radius 3 is 3.00 bits per heavy atom. The average molecular weight is 323 g/mol. The fourth-order valence-corrected chi connectivity index (χ4v) is 3.49. The van der Waals surface area contributed by atoms with Gasteiger partial charge in [0.2, 0.25) is 0 Å². The molecule has 124 valence electrons. The molecule has 0 bridgehead atoms. The Bertz CT molecular complexity index is 871. The molecule has 1 saturated heterocycles. The smallest absolute Gasteiger partial charge is 0.258 e. The van der Waals surface area contributed by atoms with Crippen molar-refractivity contribution >= 4 is 5.65 Å². The van der Waals surface area contributed by atoms with Crippen molar-refractivity contribution < 1.29 is 0 Å². The zero-order valence-corrected chi connectivity index (χ0v) is 13.6. The summed E-state index contributed by atoms with van der Waals surface area (Å²) in [5, 5.41) is 4.33. The van der Waals surface area contributed by atoms with Crippen LogP contribution in [0.2, 0.25) is 0 Å². The van der Waals surface area contributed by atoms with Crippen LogP contribution in [0, 0.1) is 0 Å². The fourth-order valence-electron chi connectivity index (χ4n) is 3.49. The molecule has 4 heterocycles. The summed E-state index contributed by atoms with van der Waals surface area (Å²) in [6.07, 6.45) is 9.19. The second kappa shape index (κ2) is 6.57. The predicted molar refractivity (Wildman–Crippen MR) is 91.7 cm³/mol. The lowest BCUT2D eigenvalue weighted by Gasteiger charge is -2.35. The molecule has 1 atom stereocenters. The summed E-state index contributed by atoms with van der Waals surface area (Å²) >= 11 is 0. The Morgan fingerprint density at radius 1 is 1.17 bits per heavy atom. The first-order chi connectivity index (χ1) is 11.8. The molecule has 0 radical (unpaired) electrons. The molecule has 4 rings (SSSR count). The van der Waals surface area contributed by atoms with E-state index in [9.17, 15) is 4.79 Å². The monoisotopic (exact) mass is 323 g/mol. The third-order valence-corrected chi connectivity index (χ3v) is 4.70. The molecule has 6 heteroatoms. The van der Waals surface area contributed by atoms with E-state index < -0.39 is 0 Å². The molecule has 1 fully saturated rings. The summed E-state index contributed by atoms with van der Waals surface area (Å²) in [6.45, 7) is 2.65. The van der Waals surface area contributed by atoms with Crippen molar-refractivity contribution in [3.05, 3.63) is 65.0 Å². The van der Waals surface area contributed by atoms with E-state index in [0.717, 1.165) is 25.2 Å². The van der Waals surface area contributed by atoms with Gasteiger partial charge in [0.15, 0.2) is 0 Å². The maximum Gasteiger partial charge on any atom is 0.258 e. The third-order valence-electron chi connectivity index (χ3n) is 4.70. The zero-order valence-electron chi connectivity index (χ0n) is 13.6. The van der Waals surface area contributed by atoms with Gasteiger partial charge in [-0.3, -0.25) is 18.8 Å². The molecule has 0 N–H and O–H groups in total. The van der Waals surface area contributed by atoms with Crippen molar-refractivity contribution in [2.75, 3.05) is 6.54 Å². The van der Waals surface area contributed by atoms with Crippen LogP contribution in [-0.2, 0) is 13.1 Å². The Labute approximate surface area is 140 Å². The molecular formula is C18H21N5O. The summed E-state index contributed by atoms with van der Waals surface area (Å²) in [4.78, 5) is 19.4. The Balaban J connectivity index is 1.57. The van der Waals surface area contributed by atoms with Crippen LogP contribution in [0.15, 0.2) is 53.7 Å². The molecule has 0 aromatic carbocycles. The first-order valence-corrected chi connectivity index (χ1v) is 8.48. The van der Waals surface area contributed by atoms with E-state index in [2.05, 4.69) is 15.0 Å². The normalized spacial score (nSPS) is 18.9. The van der Waals surface area contributed by atoms with Gasteiger partial charge in [0, 0.05) is 37.2 Å². The largest absolute Gasteiger partial charge is 0.293 e. The SMILES string of the molecule is O=c1cc(CN2CCCCC2Cn2cccn2)nc2ccccn12. The molecule has 0 spiro atoms. The average Bonchev–Trinajstić information content (AvgIpc) is 3.10. The highest BCUT2D eigenvalue weighted by Gasteiger charge is 2.23. The van der Waals surface area contributed by atoms with Crippen LogP contribution in [-0.4, -0.2) is 36.7 Å². The van der Waals surface area contributed by atoms with Gasteiger partial charge in [-0.15, -0.1) is 0 Å². The number of nitrogens with zero attached hydrogens (tertiary/aromatic N) is 5. The number of pyridine rings is 1. The van der Waals surface area contributed by atoms with Crippen LogP contribution in [0.1, 0.15) is 25.0 Å². The molecule has 0 aliphatic carbocycles. The highest BCUT2D eigenvalue weighted by molar-refractivity contribution is 5.37. The maximum absolute atomic E-state index is 12.3. The van der Waals surface area contributed by atoms with Gasteiger partial charge in [-0.05, 0) is 37.6 Å². The van der Waals surface area contributed by atoms with Crippen LogP contribution in [0.3, 0.4) is 0 Å². The Hall–Kier alpha value is -2.47. The molecule has 1 unspecified atom stereocenters. The molecular weight excluding hydrogens is 302 g/mol. The summed E-state index contributed by atoms with van der Waals surface area (Å²) < 4.78 is 3.58. The molecule has 1 aliphatic heterocycles. The van der Waals surface area contributed by atoms with E-state index in [1.54, 1.807) is 16.7 Å². The molecule has 6 nitrogen and oxygen atoms in total. The van der Waals surface area contributed by atoms with E-state index in [4.69, 9.17) is 0 Å². The van der Waals surface area contributed by atoms with E-state index in [1.165, 1.54) is 12.8 Å². The van der Waals surface area contributed by atoms with Gasteiger partial charge < -0.3 is 0 Å². The van der Waals surface area contributed by atoms with Crippen LogP contribution >= 0.6 is 0 Å². The Morgan fingerprint density at radius 2 is 2.12 bits per heavy atom. The van der Waals surface area contributed by atoms with Crippen molar-refractivity contribution in [1.29, 1.82) is 0 Å². The summed E-state index contributed by atoms with van der Waals surface area (Å²) in [6, 6.07) is 9.69. The first-order valence-electron chi connectivity index (χ1n) is 8.48. The van der Waals surface area contributed by atoms with Gasteiger partial charge in [-0.25, -0.2) is 4.98 Å². The van der Waals surface area contributed by atoms with E-state index in [-0.39, 0.29) is 5.56 Å². The summed E-state index contributed by atoms with van der Waals surface area (Å²) in [7, 11) is 0. The van der Waals surface area contributed by atoms with Gasteiger partial charge in [0.25, 0.3) is 5.56 Å². The van der Waals surface area contributed by atoms with Crippen molar-refractivity contribution in [2.24, 2.45) is 0 Å². The number of hydrogen-bond acceptors (Lipinski definition) is 4. The van der Waals surface area contributed by atoms with Crippen LogP contribution in [0.5, 0.6) is 0 Å². The van der Waals surface area contributed by atoms with Gasteiger partial charge in [-0.1, -0.05) is 12.5 Å². The topological polar surface area (TPSA) is 55.4 Å². The second-order valence-corrected chi connectivity index (χ2v) is 6.36. The second-order valence-electron chi connectivity index (χ2n) is 6.36. The zero-order chi connectivity index (χ0) is 16.4. The highest BCUT2D eigenvalue weighted by Crippen LogP contribution is 2.20. The van der Waals surface area contributed by atoms with Gasteiger partial charge in [-0.2, -0.15) is 5.10 Å². The number of rotatable bonds is 4. The number of likely N-dealkylation sites (tertiary alicyclic amines) is 1. The van der Waals surface area contributed by atoms with Crippen LogP contribution in [0.25, 0.3) is 5.65 Å². The van der Waals surface area contributed by atoms with Crippen LogP contribution in [0.4, 0.5) is 0 Å². The van der Waals surface area contributed by atoms with Gasteiger partial charge in [0.05, 0.1) is 12.2 Å². The summed E-state index contributed by atoms with van der Waals surface area (Å²) in [5.74, 6) is 0. The van der Waals surface area contributed by atoms with Gasteiger partial charge in [0.1, 0.15) is 5.65 Å². The quantitative estimate of drug-likeness (QED) is 0.736. The fraction of sp³-hybridized carbons (Fsp3) is 0.389. The number of piperidine rings is 1. The number of fused-ring (bicyclic) bond motifs is 1. The van der Waals surface area contributed by atoms with E-state index in [0.29, 0.717) is 18.2 Å². The Kier molecular flexibility index (Phi) is 4.13. The minimum Gasteiger partial charge on any atom is -0.293 e.